The van der Waals surface area contributed by atoms with Gasteiger partial charge in [-0.2, -0.15) is 0 Å². The van der Waals surface area contributed by atoms with Crippen molar-refractivity contribution in [2.75, 3.05) is 0 Å². The van der Waals surface area contributed by atoms with Crippen LogP contribution in [0.25, 0.3) is 0 Å². The lowest BCUT2D eigenvalue weighted by atomic mass is 9.83. The number of benzene rings is 1. The summed E-state index contributed by atoms with van der Waals surface area (Å²) in [5.74, 6) is 0.234. The molecule has 0 nitrogen and oxygen atoms in total. The van der Waals surface area contributed by atoms with E-state index in [4.69, 9.17) is 11.6 Å². The van der Waals surface area contributed by atoms with Crippen LogP contribution in [0.1, 0.15) is 42.7 Å². The zero-order chi connectivity index (χ0) is 10.8. The first-order valence-electron chi connectivity index (χ1n) is 5.58. The van der Waals surface area contributed by atoms with E-state index in [0.717, 1.165) is 18.4 Å². The molecule has 0 radical (unpaired) electrons. The lowest BCUT2D eigenvalue weighted by Gasteiger charge is -2.27. The second-order valence-corrected chi connectivity index (χ2v) is 4.98. The lowest BCUT2D eigenvalue weighted by molar-refractivity contribution is 0.449. The van der Waals surface area contributed by atoms with Gasteiger partial charge in [-0.05, 0) is 37.0 Å². The van der Waals surface area contributed by atoms with Gasteiger partial charge in [0.1, 0.15) is 5.82 Å². The maximum Gasteiger partial charge on any atom is 0.126 e. The number of rotatable bonds is 1. The Morgan fingerprint density at radius 1 is 1.27 bits per heavy atom. The van der Waals surface area contributed by atoms with Crippen molar-refractivity contribution in [2.45, 2.75) is 43.9 Å². The van der Waals surface area contributed by atoms with Crippen LogP contribution in [-0.4, -0.2) is 5.38 Å². The van der Waals surface area contributed by atoms with Crippen LogP contribution in [0.2, 0.25) is 0 Å². The van der Waals surface area contributed by atoms with Gasteiger partial charge >= 0.3 is 0 Å². The summed E-state index contributed by atoms with van der Waals surface area (Å²) in [7, 11) is 0. The van der Waals surface area contributed by atoms with Crippen LogP contribution in [-0.2, 0) is 0 Å². The molecule has 0 heterocycles. The zero-order valence-electron chi connectivity index (χ0n) is 8.97. The molecule has 2 atom stereocenters. The van der Waals surface area contributed by atoms with Gasteiger partial charge in [0.2, 0.25) is 0 Å². The summed E-state index contributed by atoms with van der Waals surface area (Å²) in [5.41, 5.74) is 1.78. The number of alkyl halides is 1. The van der Waals surface area contributed by atoms with E-state index in [1.54, 1.807) is 13.0 Å². The Morgan fingerprint density at radius 2 is 2.00 bits per heavy atom. The molecule has 0 aliphatic heterocycles. The van der Waals surface area contributed by atoms with Crippen molar-refractivity contribution in [1.82, 2.24) is 0 Å². The fraction of sp³-hybridized carbons (Fsp3) is 0.538. The van der Waals surface area contributed by atoms with Crippen molar-refractivity contribution in [3.63, 3.8) is 0 Å². The summed E-state index contributed by atoms with van der Waals surface area (Å²) in [6.45, 7) is 1.79. The first-order chi connectivity index (χ1) is 7.18. The van der Waals surface area contributed by atoms with Gasteiger partial charge < -0.3 is 0 Å². The Hall–Kier alpha value is -0.560. The van der Waals surface area contributed by atoms with Crippen LogP contribution >= 0.6 is 11.6 Å². The van der Waals surface area contributed by atoms with Gasteiger partial charge in [0.25, 0.3) is 0 Å². The molecule has 2 heteroatoms. The highest BCUT2D eigenvalue weighted by molar-refractivity contribution is 6.21. The molecule has 0 aromatic heterocycles. The molecule has 1 aromatic carbocycles. The summed E-state index contributed by atoms with van der Waals surface area (Å²) < 4.78 is 13.4. The van der Waals surface area contributed by atoms with Crippen molar-refractivity contribution in [1.29, 1.82) is 0 Å². The largest absolute Gasteiger partial charge is 0.207 e. The summed E-state index contributed by atoms with van der Waals surface area (Å²) in [6.07, 6.45) is 4.57. The molecule has 1 fully saturated rings. The summed E-state index contributed by atoms with van der Waals surface area (Å²) in [5, 5.41) is 0.181. The highest BCUT2D eigenvalue weighted by atomic mass is 35.5. The number of aryl methyl sites for hydroxylation is 1. The van der Waals surface area contributed by atoms with E-state index in [0.29, 0.717) is 11.5 Å². The summed E-state index contributed by atoms with van der Waals surface area (Å²) >= 11 is 6.29. The molecule has 2 rings (SSSR count). The first kappa shape index (κ1) is 10.9. The summed E-state index contributed by atoms with van der Waals surface area (Å²) in [6, 6.07) is 5.52. The first-order valence-corrected chi connectivity index (χ1v) is 6.02. The molecule has 2 unspecified atom stereocenters. The van der Waals surface area contributed by atoms with Gasteiger partial charge in [-0.1, -0.05) is 25.0 Å². The fourth-order valence-electron chi connectivity index (χ4n) is 2.30. The highest BCUT2D eigenvalue weighted by Crippen LogP contribution is 2.36. The van der Waals surface area contributed by atoms with Crippen molar-refractivity contribution < 1.29 is 4.39 Å². The predicted octanol–water partition coefficient (Wildman–Crippen LogP) is 4.40. The minimum atomic E-state index is -0.109. The van der Waals surface area contributed by atoms with E-state index in [2.05, 4.69) is 0 Å². The molecule has 1 saturated carbocycles. The van der Waals surface area contributed by atoms with Crippen LogP contribution < -0.4 is 0 Å². The Labute approximate surface area is 95.4 Å². The molecule has 0 amide bonds. The number of hydrogen-bond acceptors (Lipinski definition) is 0. The normalized spacial score (nSPS) is 26.6. The summed E-state index contributed by atoms with van der Waals surface area (Å²) in [4.78, 5) is 0. The second kappa shape index (κ2) is 4.52. The third-order valence-electron chi connectivity index (χ3n) is 3.31. The molecular weight excluding hydrogens is 211 g/mol. The third-order valence-corrected chi connectivity index (χ3v) is 3.83. The van der Waals surface area contributed by atoms with Gasteiger partial charge in [0.15, 0.2) is 0 Å². The van der Waals surface area contributed by atoms with Crippen LogP contribution in [0.3, 0.4) is 0 Å². The molecule has 15 heavy (non-hydrogen) atoms. The van der Waals surface area contributed by atoms with E-state index < -0.39 is 0 Å². The Balaban J connectivity index is 2.24. The molecule has 0 bridgehead atoms. The Morgan fingerprint density at radius 3 is 2.67 bits per heavy atom. The molecule has 0 spiro atoms. The van der Waals surface area contributed by atoms with E-state index >= 15 is 0 Å². The van der Waals surface area contributed by atoms with Gasteiger partial charge in [0.05, 0.1) is 0 Å². The van der Waals surface area contributed by atoms with Crippen molar-refractivity contribution >= 4 is 11.6 Å². The minimum Gasteiger partial charge on any atom is -0.207 e. The van der Waals surface area contributed by atoms with Crippen LogP contribution in [0.15, 0.2) is 18.2 Å². The van der Waals surface area contributed by atoms with Crippen molar-refractivity contribution in [3.05, 3.63) is 35.1 Å². The maximum absolute atomic E-state index is 13.4. The zero-order valence-corrected chi connectivity index (χ0v) is 9.73. The van der Waals surface area contributed by atoms with Gasteiger partial charge in [-0.3, -0.25) is 0 Å². The molecular formula is C13H16ClF. The van der Waals surface area contributed by atoms with Crippen molar-refractivity contribution in [3.8, 4) is 0 Å². The fourth-order valence-corrected chi connectivity index (χ4v) is 2.73. The van der Waals surface area contributed by atoms with Crippen LogP contribution in [0.5, 0.6) is 0 Å². The van der Waals surface area contributed by atoms with E-state index in [1.807, 2.05) is 12.1 Å². The minimum absolute atomic E-state index is 0.109. The van der Waals surface area contributed by atoms with E-state index in [9.17, 15) is 4.39 Å². The Kier molecular flexibility index (Phi) is 3.30. The second-order valence-electron chi connectivity index (χ2n) is 4.42. The average molecular weight is 227 g/mol. The van der Waals surface area contributed by atoms with Crippen molar-refractivity contribution in [2.24, 2.45) is 0 Å². The quantitative estimate of drug-likeness (QED) is 0.623. The average Bonchev–Trinajstić information content (AvgIpc) is 2.23. The molecule has 0 saturated heterocycles. The monoisotopic (exact) mass is 226 g/mol. The molecule has 1 aromatic rings. The maximum atomic E-state index is 13.4. The smallest absolute Gasteiger partial charge is 0.126 e. The predicted molar refractivity (Wildman–Crippen MR) is 62.0 cm³/mol. The van der Waals surface area contributed by atoms with E-state index in [1.165, 1.54) is 12.8 Å². The van der Waals surface area contributed by atoms with Crippen LogP contribution in [0.4, 0.5) is 4.39 Å². The van der Waals surface area contributed by atoms with Gasteiger partial charge in [-0.25, -0.2) is 4.39 Å². The Bertz CT molecular complexity index is 348. The topological polar surface area (TPSA) is 0 Å². The standard InChI is InChI=1S/C13H16ClF/c1-9-6-7-10(8-13(9)15)11-4-2-3-5-12(11)14/h6-8,11-12H,2-5H2,1H3. The third kappa shape index (κ3) is 2.34. The highest BCUT2D eigenvalue weighted by Gasteiger charge is 2.24. The number of hydrogen-bond donors (Lipinski definition) is 0. The van der Waals surface area contributed by atoms with Gasteiger partial charge in [0, 0.05) is 11.3 Å². The number of halogens is 2. The van der Waals surface area contributed by atoms with Crippen LogP contribution in [0, 0.1) is 12.7 Å². The van der Waals surface area contributed by atoms with E-state index in [-0.39, 0.29) is 11.2 Å². The SMILES string of the molecule is Cc1ccc(C2CCCCC2Cl)cc1F. The molecule has 1 aliphatic rings. The molecule has 82 valence electrons. The van der Waals surface area contributed by atoms with Gasteiger partial charge in [-0.15, -0.1) is 11.6 Å². The lowest BCUT2D eigenvalue weighted by Crippen LogP contribution is -2.17. The molecule has 0 N–H and O–H groups in total. The molecule has 1 aliphatic carbocycles.